The third-order valence-electron chi connectivity index (χ3n) is 5.54. The van der Waals surface area contributed by atoms with Crippen molar-refractivity contribution in [3.05, 3.63) is 52.1 Å². The topological polar surface area (TPSA) is 139 Å². The fourth-order valence-electron chi connectivity index (χ4n) is 3.71. The summed E-state index contributed by atoms with van der Waals surface area (Å²) in [7, 11) is 0. The lowest BCUT2D eigenvalue weighted by Crippen LogP contribution is -2.47. The van der Waals surface area contributed by atoms with Crippen LogP contribution in [0.2, 0.25) is 0 Å². The van der Waals surface area contributed by atoms with Gasteiger partial charge in [-0.15, -0.1) is 0 Å². The molecule has 2 aliphatic heterocycles. The Morgan fingerprint density at radius 2 is 1.83 bits per heavy atom. The molecule has 1 aromatic carbocycles. The molecule has 2 aromatic rings. The van der Waals surface area contributed by atoms with Gasteiger partial charge in [0.1, 0.15) is 36.9 Å². The molecular formula is C19H19F6N5O5. The molecule has 0 aliphatic carbocycles. The van der Waals surface area contributed by atoms with Crippen LogP contribution in [0.1, 0.15) is 22.9 Å². The summed E-state index contributed by atoms with van der Waals surface area (Å²) in [5.74, 6) is -0.166. The minimum Gasteiger partial charge on any atom is -0.394 e. The Morgan fingerprint density at radius 1 is 1.11 bits per heavy atom. The predicted octanol–water partition coefficient (Wildman–Crippen LogP) is -0.419. The summed E-state index contributed by atoms with van der Waals surface area (Å²) in [4.78, 5) is 13.5. The van der Waals surface area contributed by atoms with Gasteiger partial charge in [-0.3, -0.25) is 9.40 Å². The van der Waals surface area contributed by atoms with Crippen molar-refractivity contribution in [2.45, 2.75) is 43.5 Å². The maximum absolute atomic E-state index is 13.4. The molecule has 192 valence electrons. The highest BCUT2D eigenvalue weighted by Gasteiger charge is 2.44. The summed E-state index contributed by atoms with van der Waals surface area (Å²) >= 11 is 0. The molecule has 16 heteroatoms. The quantitative estimate of drug-likeness (QED) is 0.398. The second kappa shape index (κ2) is 8.94. The molecule has 0 radical (unpaired) electrons. The minimum atomic E-state index is -5.06. The fraction of sp³-hybridized carbons (Fsp3) is 0.474. The van der Waals surface area contributed by atoms with E-state index in [2.05, 4.69) is 9.98 Å². The maximum atomic E-state index is 13.4. The zero-order valence-corrected chi connectivity index (χ0v) is 17.5. The zero-order valence-electron chi connectivity index (χ0n) is 17.5. The van der Waals surface area contributed by atoms with Gasteiger partial charge in [0.25, 0.3) is 0 Å². The molecule has 35 heavy (non-hydrogen) atoms. The third-order valence-corrected chi connectivity index (χ3v) is 5.54. The molecule has 3 heterocycles. The van der Waals surface area contributed by atoms with Crippen LogP contribution in [0.5, 0.6) is 0 Å². The number of aliphatic hydroxyl groups excluding tert-OH is 3. The first-order valence-electron chi connectivity index (χ1n) is 10.00. The molecule has 2 aliphatic rings. The molecule has 0 unspecified atom stereocenters. The monoisotopic (exact) mass is 511 g/mol. The molecule has 10 nitrogen and oxygen atoms in total. The number of hydrogen-bond donors (Lipinski definition) is 4. The van der Waals surface area contributed by atoms with Crippen LogP contribution in [-0.2, 0) is 28.5 Å². The van der Waals surface area contributed by atoms with E-state index in [0.29, 0.717) is 12.1 Å². The molecule has 0 bridgehead atoms. The highest BCUT2D eigenvalue weighted by atomic mass is 19.4. The van der Waals surface area contributed by atoms with E-state index in [4.69, 9.17) is 15.3 Å². The lowest BCUT2D eigenvalue weighted by Gasteiger charge is -2.25. The van der Waals surface area contributed by atoms with Crippen molar-refractivity contribution in [1.82, 2.24) is 14.6 Å². The number of nitrogens with zero attached hydrogens (tertiary/aromatic N) is 4. The number of halogens is 6. The highest BCUT2D eigenvalue weighted by Crippen LogP contribution is 2.37. The van der Waals surface area contributed by atoms with E-state index >= 15 is 0 Å². The number of hydrogen-bond acceptors (Lipinski definition) is 9. The SMILES string of the molecule is NC1=c2ncn([C@@H]3O[C@H](CO)[C@@H](O)[C@H]3O)c2=NCN1OCc1ccc(C(F)(F)F)cc1C(F)(F)F. The molecule has 1 aromatic heterocycles. The molecule has 1 fully saturated rings. The third kappa shape index (κ3) is 4.66. The Kier molecular flexibility index (Phi) is 6.43. The molecule has 4 rings (SSSR count). The van der Waals surface area contributed by atoms with E-state index < -0.39 is 66.8 Å². The largest absolute Gasteiger partial charge is 0.416 e. The number of fused-ring (bicyclic) bond motifs is 1. The number of alkyl halides is 6. The Labute approximate surface area is 192 Å². The summed E-state index contributed by atoms with van der Waals surface area (Å²) in [5, 5.41) is 30.3. The average Bonchev–Trinajstić information content (AvgIpc) is 3.33. The van der Waals surface area contributed by atoms with Gasteiger partial charge < -0.3 is 25.8 Å². The van der Waals surface area contributed by atoms with Crippen LogP contribution in [0.3, 0.4) is 0 Å². The summed E-state index contributed by atoms with van der Waals surface area (Å²) in [6, 6.07) is 1.19. The van der Waals surface area contributed by atoms with E-state index in [1.54, 1.807) is 0 Å². The smallest absolute Gasteiger partial charge is 0.394 e. The minimum absolute atomic E-state index is 0.00704. The molecule has 1 saturated heterocycles. The Hall–Kier alpha value is -2.92. The van der Waals surface area contributed by atoms with Crippen molar-refractivity contribution in [3.8, 4) is 0 Å². The van der Waals surface area contributed by atoms with E-state index in [9.17, 15) is 41.7 Å². The Bertz CT molecular complexity index is 1220. The molecule has 0 saturated carbocycles. The first-order chi connectivity index (χ1) is 16.3. The summed E-state index contributed by atoms with van der Waals surface area (Å²) in [6.07, 6.45) is -13.8. The van der Waals surface area contributed by atoms with Crippen molar-refractivity contribution >= 4 is 5.82 Å². The van der Waals surface area contributed by atoms with Crippen molar-refractivity contribution < 1.29 is 51.2 Å². The van der Waals surface area contributed by atoms with Gasteiger partial charge in [-0.2, -0.15) is 26.3 Å². The van der Waals surface area contributed by atoms with Gasteiger partial charge in [0, 0.05) is 0 Å². The average molecular weight is 511 g/mol. The number of rotatable bonds is 5. The van der Waals surface area contributed by atoms with E-state index in [-0.39, 0.29) is 29.4 Å². The van der Waals surface area contributed by atoms with Crippen LogP contribution >= 0.6 is 0 Å². The van der Waals surface area contributed by atoms with Crippen LogP contribution in [0.4, 0.5) is 26.3 Å². The predicted molar refractivity (Wildman–Crippen MR) is 102 cm³/mol. The van der Waals surface area contributed by atoms with E-state index in [1.807, 2.05) is 0 Å². The number of nitrogens with two attached hydrogens (primary N) is 1. The first kappa shape index (κ1) is 25.2. The van der Waals surface area contributed by atoms with Crippen LogP contribution in [-0.4, -0.2) is 61.5 Å². The van der Waals surface area contributed by atoms with Crippen molar-refractivity contribution in [3.63, 3.8) is 0 Å². The number of hydroxylamine groups is 2. The fourth-order valence-corrected chi connectivity index (χ4v) is 3.71. The van der Waals surface area contributed by atoms with Crippen LogP contribution in [0, 0.1) is 0 Å². The number of ether oxygens (including phenoxy) is 1. The molecular weight excluding hydrogens is 492 g/mol. The highest BCUT2D eigenvalue weighted by molar-refractivity contribution is 5.36. The van der Waals surface area contributed by atoms with Gasteiger partial charge in [0.05, 0.1) is 24.1 Å². The normalized spacial score (nSPS) is 25.1. The Morgan fingerprint density at radius 3 is 2.43 bits per heavy atom. The first-order valence-corrected chi connectivity index (χ1v) is 10.00. The summed E-state index contributed by atoms with van der Waals surface area (Å²) in [5.41, 5.74) is 2.61. The summed E-state index contributed by atoms with van der Waals surface area (Å²) < 4.78 is 85.3. The number of benzene rings is 1. The number of imidazole rings is 1. The van der Waals surface area contributed by atoms with Gasteiger partial charge in [0.2, 0.25) is 0 Å². The number of aromatic nitrogens is 2. The van der Waals surface area contributed by atoms with Crippen LogP contribution in [0.15, 0.2) is 29.5 Å². The van der Waals surface area contributed by atoms with Gasteiger partial charge in [-0.05, 0) is 17.7 Å². The molecule has 0 spiro atoms. The molecule has 0 amide bonds. The van der Waals surface area contributed by atoms with Gasteiger partial charge in [-0.1, -0.05) is 6.07 Å². The standard InChI is InChI=1S/C19H19F6N5O5/c20-18(21,22)9-2-1-8(10(3-9)19(23,24)25)5-34-30-7-28-16-12(15(30)26)27-6-29(16)17-14(33)13(32)11(4-31)35-17/h1-3,6,11,13-14,17,31-33H,4-5,7,26H2/t11-,13-,14-,17-/m1/s1. The Balaban J connectivity index is 1.57. The number of aliphatic hydroxyl groups is 3. The summed E-state index contributed by atoms with van der Waals surface area (Å²) in [6.45, 7) is -1.65. The second-order valence-corrected chi connectivity index (χ2v) is 7.76. The van der Waals surface area contributed by atoms with Gasteiger partial charge >= 0.3 is 12.4 Å². The maximum Gasteiger partial charge on any atom is 0.416 e. The van der Waals surface area contributed by atoms with Crippen LogP contribution in [0.25, 0.3) is 5.82 Å². The van der Waals surface area contributed by atoms with Crippen molar-refractivity contribution in [2.75, 3.05) is 13.3 Å². The van der Waals surface area contributed by atoms with Crippen LogP contribution < -0.4 is 16.6 Å². The van der Waals surface area contributed by atoms with Gasteiger partial charge in [-0.25, -0.2) is 15.0 Å². The van der Waals surface area contributed by atoms with E-state index in [0.717, 1.165) is 5.06 Å². The van der Waals surface area contributed by atoms with Gasteiger partial charge in [0.15, 0.2) is 17.5 Å². The zero-order chi connectivity index (χ0) is 25.7. The molecule has 4 atom stereocenters. The molecule has 5 N–H and O–H groups in total. The van der Waals surface area contributed by atoms with Crippen molar-refractivity contribution in [2.24, 2.45) is 10.7 Å². The lowest BCUT2D eigenvalue weighted by molar-refractivity contribution is -0.148. The second-order valence-electron chi connectivity index (χ2n) is 7.76. The van der Waals surface area contributed by atoms with Crippen molar-refractivity contribution in [1.29, 1.82) is 0 Å². The lowest BCUT2D eigenvalue weighted by atomic mass is 10.0. The van der Waals surface area contributed by atoms with E-state index in [1.165, 1.54) is 10.9 Å².